The van der Waals surface area contributed by atoms with Gasteiger partial charge in [0, 0.05) is 13.1 Å². The highest BCUT2D eigenvalue weighted by Gasteiger charge is 2.26. The number of hydrogen-bond acceptors (Lipinski definition) is 7. The molecule has 1 rings (SSSR count). The van der Waals surface area contributed by atoms with Gasteiger partial charge in [-0.3, -0.25) is 14.8 Å². The number of ether oxygens (including phenoxy) is 2. The molecular weight excluding hydrogens is 332 g/mol. The summed E-state index contributed by atoms with van der Waals surface area (Å²) in [5.74, 6) is -0.841. The Morgan fingerprint density at radius 3 is 2.56 bits per heavy atom. The number of unbranched alkanes of at least 4 members (excludes halogenated alkanes) is 2. The zero-order chi connectivity index (χ0) is 19.0. The molecule has 1 N–H and O–H groups in total. The maximum atomic E-state index is 11.5. The van der Waals surface area contributed by atoms with Crippen molar-refractivity contribution in [3.05, 3.63) is 22.0 Å². The quantitative estimate of drug-likeness (QED) is 0.328. The molecular formula is C15H24N4O6. The topological polar surface area (TPSA) is 126 Å². The van der Waals surface area contributed by atoms with E-state index in [4.69, 9.17) is 4.74 Å². The Labute approximate surface area is 145 Å². The second-order valence-electron chi connectivity index (χ2n) is 6.36. The molecule has 0 atom stereocenters. The normalized spacial score (nSPS) is 11.0. The summed E-state index contributed by atoms with van der Waals surface area (Å²) in [5, 5.41) is 17.5. The molecule has 1 aromatic heterocycles. The van der Waals surface area contributed by atoms with E-state index in [2.05, 4.69) is 15.2 Å². The number of esters is 1. The molecule has 10 heteroatoms. The van der Waals surface area contributed by atoms with E-state index < -0.39 is 22.6 Å². The van der Waals surface area contributed by atoms with Gasteiger partial charge in [-0.25, -0.2) is 9.59 Å². The Morgan fingerprint density at radius 1 is 1.32 bits per heavy atom. The molecule has 0 radical (unpaired) electrons. The van der Waals surface area contributed by atoms with Crippen LogP contribution in [-0.4, -0.2) is 46.0 Å². The van der Waals surface area contributed by atoms with Gasteiger partial charge in [-0.05, 0) is 40.0 Å². The number of nitrogens with zero attached hydrogens (tertiary/aromatic N) is 3. The van der Waals surface area contributed by atoms with E-state index in [0.29, 0.717) is 19.5 Å². The van der Waals surface area contributed by atoms with E-state index in [-0.39, 0.29) is 11.4 Å². The third kappa shape index (κ3) is 7.19. The number of amides is 1. The smallest absolute Gasteiger partial charge is 0.407 e. The lowest BCUT2D eigenvalue weighted by Crippen LogP contribution is -2.33. The molecule has 25 heavy (non-hydrogen) atoms. The summed E-state index contributed by atoms with van der Waals surface area (Å²) in [6, 6.07) is 0. The van der Waals surface area contributed by atoms with Crippen LogP contribution in [0.2, 0.25) is 0 Å². The van der Waals surface area contributed by atoms with Crippen molar-refractivity contribution in [3.8, 4) is 0 Å². The summed E-state index contributed by atoms with van der Waals surface area (Å²) in [6.07, 6.45) is 2.95. The number of nitrogens with one attached hydrogen (secondary N) is 1. The van der Waals surface area contributed by atoms with E-state index in [1.165, 1.54) is 10.9 Å². The van der Waals surface area contributed by atoms with Crippen molar-refractivity contribution >= 4 is 17.7 Å². The van der Waals surface area contributed by atoms with Crippen molar-refractivity contribution in [2.24, 2.45) is 0 Å². The molecule has 0 saturated carbocycles. The standard InChI is InChI=1S/C15H24N4O6/c1-15(2,3)25-14(21)16-8-6-5-7-9-18-10-11(19(22)23)12(17-18)13(20)24-4/h10H,5-9H2,1-4H3,(H,16,21). The molecule has 0 aromatic carbocycles. The van der Waals surface area contributed by atoms with Crippen molar-refractivity contribution in [3.63, 3.8) is 0 Å². The van der Waals surface area contributed by atoms with Gasteiger partial charge in [0.15, 0.2) is 0 Å². The van der Waals surface area contributed by atoms with Crippen LogP contribution in [0.3, 0.4) is 0 Å². The lowest BCUT2D eigenvalue weighted by Gasteiger charge is -2.19. The fraction of sp³-hybridized carbons (Fsp3) is 0.667. The largest absolute Gasteiger partial charge is 0.464 e. The lowest BCUT2D eigenvalue weighted by molar-refractivity contribution is -0.385. The van der Waals surface area contributed by atoms with Gasteiger partial charge in [0.25, 0.3) is 0 Å². The second kappa shape index (κ2) is 9.00. The number of carbonyl (C=O) groups excluding carboxylic acids is 2. The van der Waals surface area contributed by atoms with Crippen LogP contribution in [0.5, 0.6) is 0 Å². The molecule has 1 amide bonds. The van der Waals surface area contributed by atoms with Crippen molar-refractivity contribution in [1.82, 2.24) is 15.1 Å². The number of alkyl carbamates (subject to hydrolysis) is 1. The van der Waals surface area contributed by atoms with Crippen molar-refractivity contribution in [1.29, 1.82) is 0 Å². The van der Waals surface area contributed by atoms with Gasteiger partial charge < -0.3 is 14.8 Å². The van der Waals surface area contributed by atoms with Crippen molar-refractivity contribution in [2.45, 2.75) is 52.2 Å². The Morgan fingerprint density at radius 2 is 2.00 bits per heavy atom. The Balaban J connectivity index is 2.36. The van der Waals surface area contributed by atoms with Crippen LogP contribution in [0.1, 0.15) is 50.5 Å². The van der Waals surface area contributed by atoms with Gasteiger partial charge in [-0.2, -0.15) is 5.10 Å². The maximum absolute atomic E-state index is 11.5. The van der Waals surface area contributed by atoms with Crippen molar-refractivity contribution in [2.75, 3.05) is 13.7 Å². The predicted octanol–water partition coefficient (Wildman–Crippen LogP) is 2.27. The number of rotatable bonds is 8. The minimum atomic E-state index is -0.841. The highest BCUT2D eigenvalue weighted by atomic mass is 16.6. The predicted molar refractivity (Wildman–Crippen MR) is 88.3 cm³/mol. The first-order valence-electron chi connectivity index (χ1n) is 7.91. The molecule has 140 valence electrons. The van der Waals surface area contributed by atoms with Crippen LogP contribution >= 0.6 is 0 Å². The van der Waals surface area contributed by atoms with Crippen LogP contribution in [-0.2, 0) is 16.0 Å². The van der Waals surface area contributed by atoms with Gasteiger partial charge >= 0.3 is 17.7 Å². The molecule has 0 aliphatic carbocycles. The van der Waals surface area contributed by atoms with E-state index in [1.807, 2.05) is 0 Å². The Hall–Kier alpha value is -2.65. The lowest BCUT2D eigenvalue weighted by atomic mass is 10.2. The minimum absolute atomic E-state index is 0.306. The number of methoxy groups -OCH3 is 1. The maximum Gasteiger partial charge on any atom is 0.407 e. The fourth-order valence-corrected chi connectivity index (χ4v) is 1.98. The zero-order valence-electron chi connectivity index (χ0n) is 14.9. The number of hydrogen-bond donors (Lipinski definition) is 1. The Bertz CT molecular complexity index is 620. The number of carbonyl (C=O) groups is 2. The number of nitro groups is 1. The van der Waals surface area contributed by atoms with Gasteiger partial charge in [0.1, 0.15) is 11.8 Å². The third-order valence-electron chi connectivity index (χ3n) is 3.05. The average Bonchev–Trinajstić information content (AvgIpc) is 2.92. The minimum Gasteiger partial charge on any atom is -0.464 e. The van der Waals surface area contributed by atoms with E-state index >= 15 is 0 Å². The van der Waals surface area contributed by atoms with E-state index in [0.717, 1.165) is 20.0 Å². The van der Waals surface area contributed by atoms with E-state index in [9.17, 15) is 19.7 Å². The molecule has 0 fully saturated rings. The molecule has 0 spiro atoms. The molecule has 0 aliphatic heterocycles. The number of aryl methyl sites for hydroxylation is 1. The van der Waals surface area contributed by atoms with Crippen LogP contribution < -0.4 is 5.32 Å². The fourth-order valence-electron chi connectivity index (χ4n) is 1.98. The summed E-state index contributed by atoms with van der Waals surface area (Å²) < 4.78 is 10.9. The SMILES string of the molecule is COC(=O)c1nn(CCCCCNC(=O)OC(C)(C)C)cc1[N+](=O)[O-]. The molecule has 0 bridgehead atoms. The summed E-state index contributed by atoms with van der Waals surface area (Å²) in [5.41, 5.74) is -1.21. The van der Waals surface area contributed by atoms with Crippen molar-refractivity contribution < 1.29 is 24.0 Å². The van der Waals surface area contributed by atoms with Crippen LogP contribution in [0, 0.1) is 10.1 Å². The Kier molecular flexibility index (Phi) is 7.34. The molecule has 0 saturated heterocycles. The first kappa shape index (κ1) is 20.4. The highest BCUT2D eigenvalue weighted by molar-refractivity contribution is 5.91. The zero-order valence-corrected chi connectivity index (χ0v) is 14.9. The van der Waals surface area contributed by atoms with Crippen LogP contribution in [0.15, 0.2) is 6.20 Å². The molecule has 0 aliphatic rings. The first-order chi connectivity index (χ1) is 11.6. The summed E-state index contributed by atoms with van der Waals surface area (Å²) in [7, 11) is 1.14. The van der Waals surface area contributed by atoms with Gasteiger partial charge in [-0.1, -0.05) is 0 Å². The monoisotopic (exact) mass is 356 g/mol. The van der Waals surface area contributed by atoms with E-state index in [1.54, 1.807) is 20.8 Å². The molecule has 1 heterocycles. The summed E-state index contributed by atoms with van der Waals surface area (Å²) in [6.45, 7) is 6.27. The summed E-state index contributed by atoms with van der Waals surface area (Å²) >= 11 is 0. The molecule has 10 nitrogen and oxygen atoms in total. The number of aromatic nitrogens is 2. The van der Waals surface area contributed by atoms with Crippen LogP contribution in [0.25, 0.3) is 0 Å². The van der Waals surface area contributed by atoms with Gasteiger partial charge in [0.2, 0.25) is 5.69 Å². The first-order valence-corrected chi connectivity index (χ1v) is 7.91. The van der Waals surface area contributed by atoms with Gasteiger partial charge in [0.05, 0.1) is 12.0 Å². The second-order valence-corrected chi connectivity index (χ2v) is 6.36. The molecule has 0 unspecified atom stereocenters. The summed E-state index contributed by atoms with van der Waals surface area (Å²) in [4.78, 5) is 33.2. The molecule has 1 aromatic rings. The third-order valence-corrected chi connectivity index (χ3v) is 3.05. The average molecular weight is 356 g/mol. The van der Waals surface area contributed by atoms with Gasteiger partial charge in [-0.15, -0.1) is 0 Å². The van der Waals surface area contributed by atoms with Crippen LogP contribution in [0.4, 0.5) is 10.5 Å². The highest BCUT2D eigenvalue weighted by Crippen LogP contribution is 2.18.